The molecule has 0 aliphatic heterocycles. The summed E-state index contributed by atoms with van der Waals surface area (Å²) in [6.45, 7) is 3.23. The Morgan fingerprint density at radius 3 is 1.64 bits per heavy atom. The summed E-state index contributed by atoms with van der Waals surface area (Å²) >= 11 is 0. The first-order chi connectivity index (χ1) is 5.02. The smallest absolute Gasteiger partial charge is 0.277 e. The van der Waals surface area contributed by atoms with Crippen LogP contribution in [-0.2, 0) is 10.1 Å². The Hall–Kier alpha value is 0.140. The lowest BCUT2D eigenvalue weighted by Crippen LogP contribution is -2.00. The largest absolute Gasteiger partial charge is 0.329 e. The van der Waals surface area contributed by atoms with Gasteiger partial charge in [0.05, 0.1) is 0 Å². The third-order valence-corrected chi connectivity index (χ3v) is 5.87. The van der Waals surface area contributed by atoms with Gasteiger partial charge >= 0.3 is 0 Å². The summed E-state index contributed by atoms with van der Waals surface area (Å²) in [7, 11) is -0.800. The Balaban J connectivity index is 4.57. The molecular weight excluding hydrogens is 183 g/mol. The SMILES string of the molecule is C=CCS(CC=C)=P(O)(O)O. The molecule has 0 heterocycles. The van der Waals surface area contributed by atoms with Crippen LogP contribution in [0.5, 0.6) is 0 Å². The minimum atomic E-state index is -3.67. The Kier molecular flexibility index (Phi) is 4.97. The summed E-state index contributed by atoms with van der Waals surface area (Å²) in [5, 5.41) is 0. The van der Waals surface area contributed by atoms with Crippen LogP contribution in [0.3, 0.4) is 0 Å². The van der Waals surface area contributed by atoms with Gasteiger partial charge in [0.2, 0.25) is 0 Å². The molecule has 3 nitrogen and oxygen atoms in total. The van der Waals surface area contributed by atoms with Crippen LogP contribution < -0.4 is 0 Å². The van der Waals surface area contributed by atoms with Gasteiger partial charge in [0, 0.05) is 11.5 Å². The van der Waals surface area contributed by atoms with Gasteiger partial charge in [-0.05, 0) is 0 Å². The third-order valence-electron chi connectivity index (χ3n) is 0.967. The lowest BCUT2D eigenvalue weighted by Gasteiger charge is -2.11. The van der Waals surface area contributed by atoms with Crippen molar-refractivity contribution in [3.05, 3.63) is 25.3 Å². The molecule has 11 heavy (non-hydrogen) atoms. The van der Waals surface area contributed by atoms with E-state index in [1.54, 1.807) is 12.2 Å². The second-order valence-electron chi connectivity index (χ2n) is 1.89. The van der Waals surface area contributed by atoms with Gasteiger partial charge in [0.15, 0.2) is 0 Å². The van der Waals surface area contributed by atoms with Gasteiger partial charge in [0.1, 0.15) is 0 Å². The first kappa shape index (κ1) is 11.1. The van der Waals surface area contributed by atoms with Crippen molar-refractivity contribution in [2.75, 3.05) is 11.5 Å². The van der Waals surface area contributed by atoms with Gasteiger partial charge in [-0.1, -0.05) is 12.2 Å². The lowest BCUT2D eigenvalue weighted by atomic mass is 10.8. The minimum absolute atomic E-state index is 0.420. The van der Waals surface area contributed by atoms with Crippen molar-refractivity contribution in [1.82, 2.24) is 0 Å². The van der Waals surface area contributed by atoms with E-state index in [4.69, 9.17) is 14.7 Å². The highest BCUT2D eigenvalue weighted by Gasteiger charge is 2.08. The Labute approximate surface area is 68.9 Å². The maximum Gasteiger partial charge on any atom is 0.277 e. The van der Waals surface area contributed by atoms with Gasteiger partial charge in [-0.3, -0.25) is 0 Å². The lowest BCUT2D eigenvalue weighted by molar-refractivity contribution is 0.362. The van der Waals surface area contributed by atoms with Crippen molar-refractivity contribution in [2.45, 2.75) is 0 Å². The Bertz CT molecular complexity index is 186. The van der Waals surface area contributed by atoms with Crippen LogP contribution in [0.15, 0.2) is 25.3 Å². The fourth-order valence-electron chi connectivity index (χ4n) is 0.540. The normalized spacial score (nSPS) is 11.6. The monoisotopic (exact) mass is 196 g/mol. The molecule has 0 fully saturated rings. The van der Waals surface area contributed by atoms with Crippen molar-refractivity contribution in [2.24, 2.45) is 0 Å². The van der Waals surface area contributed by atoms with E-state index in [0.717, 1.165) is 0 Å². The molecule has 0 rings (SSSR count). The van der Waals surface area contributed by atoms with Crippen LogP contribution in [0.25, 0.3) is 0 Å². The van der Waals surface area contributed by atoms with Crippen LogP contribution in [0.1, 0.15) is 0 Å². The molecule has 0 radical (unpaired) electrons. The molecule has 5 heteroatoms. The zero-order valence-corrected chi connectivity index (χ0v) is 7.89. The number of rotatable bonds is 4. The Morgan fingerprint density at radius 2 is 1.45 bits per heavy atom. The van der Waals surface area contributed by atoms with E-state index in [2.05, 4.69) is 13.2 Å². The molecule has 0 bridgehead atoms. The zero-order valence-electron chi connectivity index (χ0n) is 6.18. The fourth-order valence-corrected chi connectivity index (χ4v) is 3.45. The van der Waals surface area contributed by atoms with E-state index >= 15 is 0 Å². The average molecular weight is 196 g/mol. The molecule has 0 atom stereocenters. The second-order valence-corrected chi connectivity index (χ2v) is 7.52. The topological polar surface area (TPSA) is 60.7 Å². The summed E-state index contributed by atoms with van der Waals surface area (Å²) in [6, 6.07) is 0. The highest BCUT2D eigenvalue weighted by Crippen LogP contribution is 2.36. The fraction of sp³-hybridized carbons (Fsp3) is 0.333. The molecule has 0 aliphatic carbocycles. The molecule has 0 aromatic rings. The number of hydrogen-bond donors (Lipinski definition) is 3. The summed E-state index contributed by atoms with van der Waals surface area (Å²) in [6.07, 6.45) is 3.12. The van der Waals surface area contributed by atoms with Crippen molar-refractivity contribution in [3.63, 3.8) is 0 Å². The molecule has 0 aliphatic rings. The van der Waals surface area contributed by atoms with Gasteiger partial charge in [-0.15, -0.1) is 23.2 Å². The second kappa shape index (κ2) is 4.91. The predicted molar refractivity (Wildman–Crippen MR) is 51.1 cm³/mol. The summed E-state index contributed by atoms with van der Waals surface area (Å²) in [4.78, 5) is 26.6. The van der Waals surface area contributed by atoms with E-state index in [9.17, 15) is 0 Å². The van der Waals surface area contributed by atoms with Gasteiger partial charge < -0.3 is 14.7 Å². The summed E-state index contributed by atoms with van der Waals surface area (Å²) < 4.78 is 0. The Morgan fingerprint density at radius 1 is 1.09 bits per heavy atom. The van der Waals surface area contributed by atoms with Gasteiger partial charge in [-0.2, -0.15) is 0 Å². The third kappa shape index (κ3) is 4.56. The van der Waals surface area contributed by atoms with Crippen LogP contribution >= 0.6 is 6.72 Å². The van der Waals surface area contributed by atoms with Crippen molar-refractivity contribution in [3.8, 4) is 0 Å². The van der Waals surface area contributed by atoms with Crippen molar-refractivity contribution < 1.29 is 14.7 Å². The van der Waals surface area contributed by atoms with E-state index < -0.39 is 16.8 Å². The molecule has 3 N–H and O–H groups in total. The van der Waals surface area contributed by atoms with Gasteiger partial charge in [0.25, 0.3) is 6.72 Å². The minimum Gasteiger partial charge on any atom is -0.329 e. The summed E-state index contributed by atoms with van der Waals surface area (Å²) in [5.74, 6) is 0.840. The first-order valence-electron chi connectivity index (χ1n) is 2.99. The van der Waals surface area contributed by atoms with Crippen molar-refractivity contribution in [1.29, 1.82) is 0 Å². The maximum atomic E-state index is 8.88. The van der Waals surface area contributed by atoms with E-state index in [1.165, 1.54) is 0 Å². The number of hydrogen-bond acceptors (Lipinski definition) is 0. The molecule has 0 saturated heterocycles. The molecule has 0 amide bonds. The highest BCUT2D eigenvalue weighted by molar-refractivity contribution is 8.27. The van der Waals surface area contributed by atoms with E-state index in [-0.39, 0.29) is 0 Å². The maximum absolute atomic E-state index is 8.88. The van der Waals surface area contributed by atoms with E-state index in [1.807, 2.05) is 0 Å². The van der Waals surface area contributed by atoms with Gasteiger partial charge in [-0.25, -0.2) is 0 Å². The van der Waals surface area contributed by atoms with Crippen LogP contribution in [0.2, 0.25) is 0 Å². The molecule has 0 spiro atoms. The molecule has 0 aromatic heterocycles. The molecule has 0 aromatic carbocycles. The predicted octanol–water partition coefficient (Wildman–Crippen LogP) is 0.631. The summed E-state index contributed by atoms with van der Waals surface area (Å²) in [5.41, 5.74) is 0. The molecule has 0 unspecified atom stereocenters. The molecule has 0 saturated carbocycles. The van der Waals surface area contributed by atoms with E-state index in [0.29, 0.717) is 11.5 Å². The van der Waals surface area contributed by atoms with Crippen LogP contribution in [0, 0.1) is 0 Å². The standard InChI is InChI=1S/C6H13O3PS/c1-3-5-11(6-4-2)10(7,8)9/h3-4,7-9H,1-2,5-6H2. The van der Waals surface area contributed by atoms with Crippen molar-refractivity contribution >= 4 is 16.8 Å². The van der Waals surface area contributed by atoms with Crippen LogP contribution in [0.4, 0.5) is 0 Å². The molecule has 66 valence electrons. The highest BCUT2D eigenvalue weighted by atomic mass is 32.5. The van der Waals surface area contributed by atoms with Crippen LogP contribution in [-0.4, -0.2) is 26.2 Å². The molecular formula is C6H13O3PS. The quantitative estimate of drug-likeness (QED) is 0.456. The zero-order chi connectivity index (χ0) is 8.91. The first-order valence-corrected chi connectivity index (χ1v) is 6.81. The average Bonchev–Trinajstić information content (AvgIpc) is 1.85.